The lowest BCUT2D eigenvalue weighted by molar-refractivity contribution is -0.154. The number of carboxylic acid groups (broad SMARTS) is 1. The average molecular weight is 491 g/mol. The van der Waals surface area contributed by atoms with Gasteiger partial charge in [0.1, 0.15) is 17.1 Å². The first-order valence-corrected chi connectivity index (χ1v) is 11.7. The molecule has 3 atom stereocenters. The highest BCUT2D eigenvalue weighted by Gasteiger charge is 2.54. The number of amides is 2. The lowest BCUT2D eigenvalue weighted by Crippen LogP contribution is -2.71. The van der Waals surface area contributed by atoms with Crippen LogP contribution in [-0.4, -0.2) is 77.4 Å². The van der Waals surface area contributed by atoms with Crippen LogP contribution in [0.4, 0.5) is 0 Å². The first-order chi connectivity index (χ1) is 15.9. The predicted molar refractivity (Wildman–Crippen MR) is 116 cm³/mol. The van der Waals surface area contributed by atoms with Crippen molar-refractivity contribution in [2.75, 3.05) is 11.5 Å². The highest BCUT2D eigenvalue weighted by atomic mass is 32.2. The molecule has 172 valence electrons. The van der Waals surface area contributed by atoms with E-state index in [2.05, 4.69) is 20.8 Å². The Morgan fingerprint density at radius 2 is 2.15 bits per heavy atom. The zero-order valence-corrected chi connectivity index (χ0v) is 18.8. The third-order valence-electron chi connectivity index (χ3n) is 5.04. The van der Waals surface area contributed by atoms with E-state index in [0.29, 0.717) is 27.8 Å². The van der Waals surface area contributed by atoms with E-state index in [4.69, 9.17) is 4.74 Å². The fourth-order valence-corrected chi connectivity index (χ4v) is 5.83. The summed E-state index contributed by atoms with van der Waals surface area (Å²) < 4.78 is 6.40. The number of tetrazole rings is 1. The SMILES string of the molecule is Cn1nnnc1SCC1=C(C(=O)O)N2C(=O)[C@@H](NC(=O)[C@H](OC=O)c3ccccc3)[C@H]2SC1. The molecule has 0 bridgehead atoms. The molecule has 0 aliphatic carbocycles. The fourth-order valence-electron chi connectivity index (χ4n) is 3.49. The van der Waals surface area contributed by atoms with Crippen LogP contribution in [0.2, 0.25) is 0 Å². The average Bonchev–Trinajstić information content (AvgIpc) is 3.23. The van der Waals surface area contributed by atoms with Crippen molar-refractivity contribution in [3.8, 4) is 0 Å². The number of benzene rings is 1. The summed E-state index contributed by atoms with van der Waals surface area (Å²) in [4.78, 5) is 49.7. The monoisotopic (exact) mass is 490 g/mol. The Morgan fingerprint density at radius 3 is 2.79 bits per heavy atom. The van der Waals surface area contributed by atoms with Crippen LogP contribution in [0, 0.1) is 0 Å². The highest BCUT2D eigenvalue weighted by Crippen LogP contribution is 2.41. The van der Waals surface area contributed by atoms with Gasteiger partial charge in [-0.25, -0.2) is 9.48 Å². The molecule has 2 aliphatic heterocycles. The van der Waals surface area contributed by atoms with Gasteiger partial charge in [-0.05, 0) is 16.0 Å². The fraction of sp³-hybridized carbons (Fsp3) is 0.316. The van der Waals surface area contributed by atoms with Crippen molar-refractivity contribution < 1.29 is 29.0 Å². The summed E-state index contributed by atoms with van der Waals surface area (Å²) in [5.41, 5.74) is 0.910. The number of hydrogen-bond acceptors (Lipinski definition) is 10. The zero-order valence-electron chi connectivity index (χ0n) is 17.2. The minimum atomic E-state index is -1.23. The number of nitrogens with zero attached hydrogens (tertiary/aromatic N) is 5. The third kappa shape index (κ3) is 4.43. The van der Waals surface area contributed by atoms with E-state index in [-0.39, 0.29) is 12.2 Å². The summed E-state index contributed by atoms with van der Waals surface area (Å²) in [6.07, 6.45) is -1.22. The van der Waals surface area contributed by atoms with Crippen molar-refractivity contribution in [1.82, 2.24) is 30.4 Å². The molecule has 1 saturated heterocycles. The van der Waals surface area contributed by atoms with Crippen LogP contribution in [0.1, 0.15) is 11.7 Å². The number of β-lactam (4-membered cyclic amide) rings is 1. The Labute approximate surface area is 195 Å². The Morgan fingerprint density at radius 1 is 1.39 bits per heavy atom. The standard InChI is InChI=1S/C19H18N6O6S2/c1-24-19(21-22-23-24)33-8-11-7-32-17-12(16(28)25(17)13(11)18(29)30)20-15(27)14(31-9-26)10-5-3-2-4-6-10/h2-6,9,12,14,17H,7-8H2,1H3,(H,20,27)(H,29,30)/t12-,14-,17-/m1/s1. The second kappa shape index (κ2) is 9.62. The number of hydrogen-bond donors (Lipinski definition) is 2. The molecule has 2 amide bonds. The summed E-state index contributed by atoms with van der Waals surface area (Å²) in [7, 11) is 1.67. The first-order valence-electron chi connectivity index (χ1n) is 9.62. The van der Waals surface area contributed by atoms with Gasteiger partial charge >= 0.3 is 5.97 Å². The number of carbonyl (C=O) groups is 4. The number of aryl methyl sites for hydroxylation is 1. The summed E-state index contributed by atoms with van der Waals surface area (Å²) in [6, 6.07) is 7.45. The van der Waals surface area contributed by atoms with Gasteiger partial charge in [0.15, 0.2) is 0 Å². The predicted octanol–water partition coefficient (Wildman–Crippen LogP) is -0.0449. The van der Waals surface area contributed by atoms with Crippen molar-refractivity contribution in [2.24, 2.45) is 7.05 Å². The molecule has 2 N–H and O–H groups in total. The van der Waals surface area contributed by atoms with Crippen molar-refractivity contribution in [2.45, 2.75) is 22.7 Å². The van der Waals surface area contributed by atoms with Gasteiger partial charge in [-0.3, -0.25) is 19.3 Å². The van der Waals surface area contributed by atoms with E-state index < -0.39 is 35.3 Å². The topological polar surface area (TPSA) is 157 Å². The molecule has 12 nitrogen and oxygen atoms in total. The smallest absolute Gasteiger partial charge is 0.352 e. The summed E-state index contributed by atoms with van der Waals surface area (Å²) >= 11 is 2.61. The van der Waals surface area contributed by atoms with Crippen LogP contribution < -0.4 is 5.32 Å². The van der Waals surface area contributed by atoms with Gasteiger partial charge in [-0.15, -0.1) is 16.9 Å². The number of aliphatic carboxylic acids is 1. The molecule has 2 aliphatic rings. The molecule has 3 heterocycles. The van der Waals surface area contributed by atoms with E-state index in [1.54, 1.807) is 37.4 Å². The minimum Gasteiger partial charge on any atom is -0.477 e. The van der Waals surface area contributed by atoms with Crippen LogP contribution >= 0.6 is 23.5 Å². The maximum atomic E-state index is 12.8. The van der Waals surface area contributed by atoms with Gasteiger partial charge < -0.3 is 15.2 Å². The van der Waals surface area contributed by atoms with Gasteiger partial charge in [0.05, 0.1) is 0 Å². The zero-order chi connectivity index (χ0) is 23.5. The van der Waals surface area contributed by atoms with E-state index in [1.165, 1.54) is 33.1 Å². The van der Waals surface area contributed by atoms with Crippen LogP contribution in [0.5, 0.6) is 0 Å². The van der Waals surface area contributed by atoms with Gasteiger partial charge in [-0.1, -0.05) is 42.1 Å². The first kappa shape index (κ1) is 22.8. The second-order valence-corrected chi connectivity index (χ2v) is 9.10. The van der Waals surface area contributed by atoms with Crippen LogP contribution in [-0.2, 0) is 31.0 Å². The Kier molecular flexibility index (Phi) is 6.65. The van der Waals surface area contributed by atoms with E-state index in [1.807, 2.05) is 0 Å². The molecular formula is C19H18N6O6S2. The quantitative estimate of drug-likeness (QED) is 0.276. The van der Waals surface area contributed by atoms with Gasteiger partial charge in [0.2, 0.25) is 11.3 Å². The largest absolute Gasteiger partial charge is 0.477 e. The van der Waals surface area contributed by atoms with Crippen molar-refractivity contribution in [1.29, 1.82) is 0 Å². The molecule has 0 spiro atoms. The van der Waals surface area contributed by atoms with E-state index in [9.17, 15) is 24.3 Å². The van der Waals surface area contributed by atoms with Gasteiger partial charge in [-0.2, -0.15) is 0 Å². The maximum Gasteiger partial charge on any atom is 0.352 e. The molecule has 4 rings (SSSR count). The molecular weight excluding hydrogens is 472 g/mol. The number of thioether (sulfide) groups is 2. The molecule has 14 heteroatoms. The summed E-state index contributed by atoms with van der Waals surface area (Å²) in [5, 5.41) is 23.4. The van der Waals surface area contributed by atoms with Gasteiger partial charge in [0, 0.05) is 24.1 Å². The summed E-state index contributed by atoms with van der Waals surface area (Å²) in [6.45, 7) is 0.170. The van der Waals surface area contributed by atoms with Crippen LogP contribution in [0.25, 0.3) is 0 Å². The van der Waals surface area contributed by atoms with Crippen LogP contribution in [0.15, 0.2) is 46.8 Å². The highest BCUT2D eigenvalue weighted by molar-refractivity contribution is 8.01. The third-order valence-corrected chi connectivity index (χ3v) is 7.47. The summed E-state index contributed by atoms with van der Waals surface area (Å²) in [5.74, 6) is -1.79. The normalized spacial score (nSPS) is 20.5. The number of carbonyl (C=O) groups excluding carboxylic acids is 3. The lowest BCUT2D eigenvalue weighted by atomic mass is 10.0. The molecule has 33 heavy (non-hydrogen) atoms. The lowest BCUT2D eigenvalue weighted by Gasteiger charge is -2.49. The number of rotatable bonds is 9. The molecule has 1 fully saturated rings. The minimum absolute atomic E-state index is 0.0966. The number of carboxylic acids is 1. The molecule has 0 radical (unpaired) electrons. The molecule has 0 saturated carbocycles. The number of nitrogens with one attached hydrogen (secondary N) is 1. The molecule has 1 aromatic carbocycles. The number of ether oxygens (including phenoxy) is 1. The van der Waals surface area contributed by atoms with Crippen molar-refractivity contribution >= 4 is 47.8 Å². The van der Waals surface area contributed by atoms with Crippen molar-refractivity contribution in [3.63, 3.8) is 0 Å². The van der Waals surface area contributed by atoms with E-state index in [0.717, 1.165) is 0 Å². The number of aromatic nitrogens is 4. The van der Waals surface area contributed by atoms with Gasteiger partial charge in [0.25, 0.3) is 18.3 Å². The number of fused-ring (bicyclic) bond motifs is 1. The molecule has 0 unspecified atom stereocenters. The van der Waals surface area contributed by atoms with E-state index >= 15 is 0 Å². The van der Waals surface area contributed by atoms with Crippen LogP contribution in [0.3, 0.4) is 0 Å². The Hall–Kier alpha value is -3.39. The molecule has 1 aromatic heterocycles. The second-order valence-electron chi connectivity index (χ2n) is 7.05. The molecule has 2 aromatic rings. The Balaban J connectivity index is 1.48. The Bertz CT molecular complexity index is 1120. The van der Waals surface area contributed by atoms with Crippen molar-refractivity contribution in [3.05, 3.63) is 47.2 Å². The maximum absolute atomic E-state index is 12.8.